The Kier molecular flexibility index (Phi) is 3.90. The van der Waals surface area contributed by atoms with Gasteiger partial charge in [0.15, 0.2) is 5.57 Å². The van der Waals surface area contributed by atoms with Gasteiger partial charge in [-0.25, -0.2) is 9.59 Å². The summed E-state index contributed by atoms with van der Waals surface area (Å²) in [7, 11) is 0. The molecular formula is C15H16N2O5. The number of esters is 2. The number of rotatable bonds is 3. The number of anilines is 1. The summed E-state index contributed by atoms with van der Waals surface area (Å²) < 4.78 is 9.95. The zero-order valence-corrected chi connectivity index (χ0v) is 12.4. The maximum atomic E-state index is 11.8. The Morgan fingerprint density at radius 2 is 1.82 bits per heavy atom. The first kappa shape index (κ1) is 15.6. The Bertz CT molecular complexity index is 669. The van der Waals surface area contributed by atoms with E-state index in [9.17, 15) is 14.4 Å². The van der Waals surface area contributed by atoms with Gasteiger partial charge in [-0.1, -0.05) is 6.07 Å². The van der Waals surface area contributed by atoms with Crippen LogP contribution >= 0.6 is 0 Å². The lowest BCUT2D eigenvalue weighted by Gasteiger charge is -2.29. The van der Waals surface area contributed by atoms with E-state index >= 15 is 0 Å². The Labute approximate surface area is 127 Å². The summed E-state index contributed by atoms with van der Waals surface area (Å²) in [6, 6.07) is 4.90. The largest absolute Gasteiger partial charge is 0.419 e. The summed E-state index contributed by atoms with van der Waals surface area (Å²) in [6.07, 6.45) is 1.19. The number of hydrogen-bond acceptors (Lipinski definition) is 6. The standard InChI is InChI=1S/C15H16N2O5/c1-8-9(12(16)18)5-4-6-11(8)17-7-10-13(19)21-15(2,3)22-14(10)20/h4-7,17H,1-3H3,(H2,16,18). The second-order valence-corrected chi connectivity index (χ2v) is 5.22. The molecule has 0 unspecified atom stereocenters. The van der Waals surface area contributed by atoms with Gasteiger partial charge in [0.1, 0.15) is 0 Å². The van der Waals surface area contributed by atoms with Gasteiger partial charge in [0.25, 0.3) is 5.79 Å². The fraction of sp³-hybridized carbons (Fsp3) is 0.267. The molecule has 1 aromatic rings. The molecule has 1 saturated heterocycles. The fourth-order valence-electron chi connectivity index (χ4n) is 1.99. The van der Waals surface area contributed by atoms with Crippen LogP contribution in [0.4, 0.5) is 5.69 Å². The molecule has 1 aliphatic heterocycles. The van der Waals surface area contributed by atoms with E-state index in [2.05, 4.69) is 5.32 Å². The Hall–Kier alpha value is -2.83. The molecule has 0 radical (unpaired) electrons. The van der Waals surface area contributed by atoms with Gasteiger partial charge in [-0.05, 0) is 24.6 Å². The van der Waals surface area contributed by atoms with Crippen molar-refractivity contribution in [3.05, 3.63) is 41.1 Å². The van der Waals surface area contributed by atoms with E-state index in [-0.39, 0.29) is 5.57 Å². The third kappa shape index (κ3) is 3.08. The molecule has 1 aromatic carbocycles. The molecule has 3 N–H and O–H groups in total. The molecule has 0 spiro atoms. The predicted octanol–water partition coefficient (Wildman–Crippen LogP) is 1.23. The van der Waals surface area contributed by atoms with Crippen molar-refractivity contribution in [2.24, 2.45) is 5.73 Å². The maximum Gasteiger partial charge on any atom is 0.350 e. The van der Waals surface area contributed by atoms with Crippen molar-refractivity contribution in [1.82, 2.24) is 0 Å². The van der Waals surface area contributed by atoms with Gasteiger partial charge in [-0.2, -0.15) is 0 Å². The highest BCUT2D eigenvalue weighted by molar-refractivity contribution is 6.15. The van der Waals surface area contributed by atoms with Crippen molar-refractivity contribution < 1.29 is 23.9 Å². The Balaban J connectivity index is 2.26. The van der Waals surface area contributed by atoms with Crippen LogP contribution < -0.4 is 11.1 Å². The minimum Gasteiger partial charge on any atom is -0.419 e. The van der Waals surface area contributed by atoms with E-state index in [0.717, 1.165) is 0 Å². The van der Waals surface area contributed by atoms with E-state index in [1.165, 1.54) is 20.0 Å². The summed E-state index contributed by atoms with van der Waals surface area (Å²) in [5.41, 5.74) is 6.49. The lowest BCUT2D eigenvalue weighted by molar-refractivity contribution is -0.222. The molecule has 7 heteroatoms. The lowest BCUT2D eigenvalue weighted by Crippen LogP contribution is -2.42. The predicted molar refractivity (Wildman–Crippen MR) is 77.7 cm³/mol. The quantitative estimate of drug-likeness (QED) is 0.494. The van der Waals surface area contributed by atoms with Crippen LogP contribution in [0, 0.1) is 6.92 Å². The van der Waals surface area contributed by atoms with Crippen molar-refractivity contribution in [3.8, 4) is 0 Å². The van der Waals surface area contributed by atoms with Crippen molar-refractivity contribution in [3.63, 3.8) is 0 Å². The highest BCUT2D eigenvalue weighted by atomic mass is 16.7. The molecule has 2 rings (SSSR count). The lowest BCUT2D eigenvalue weighted by atomic mass is 10.1. The molecule has 0 atom stereocenters. The third-order valence-electron chi connectivity index (χ3n) is 3.09. The normalized spacial score (nSPS) is 16.6. The smallest absolute Gasteiger partial charge is 0.350 e. The average Bonchev–Trinajstić information content (AvgIpc) is 2.37. The molecule has 22 heavy (non-hydrogen) atoms. The van der Waals surface area contributed by atoms with Crippen LogP contribution in [0.1, 0.15) is 29.8 Å². The average molecular weight is 304 g/mol. The van der Waals surface area contributed by atoms with Gasteiger partial charge in [-0.3, -0.25) is 4.79 Å². The maximum absolute atomic E-state index is 11.8. The first-order valence-corrected chi connectivity index (χ1v) is 6.54. The monoisotopic (exact) mass is 304 g/mol. The Morgan fingerprint density at radius 3 is 2.36 bits per heavy atom. The van der Waals surface area contributed by atoms with Gasteiger partial charge in [0, 0.05) is 31.3 Å². The number of cyclic esters (lactones) is 2. The summed E-state index contributed by atoms with van der Waals surface area (Å²) in [5.74, 6) is -3.41. The van der Waals surface area contributed by atoms with Crippen LogP contribution in [0.5, 0.6) is 0 Å². The number of amides is 1. The molecule has 0 aromatic heterocycles. The van der Waals surface area contributed by atoms with Crippen LogP contribution in [0.25, 0.3) is 0 Å². The molecule has 1 amide bonds. The fourth-order valence-corrected chi connectivity index (χ4v) is 1.99. The van der Waals surface area contributed by atoms with Crippen molar-refractivity contribution in [1.29, 1.82) is 0 Å². The van der Waals surface area contributed by atoms with E-state index in [1.54, 1.807) is 25.1 Å². The molecular weight excluding hydrogens is 288 g/mol. The van der Waals surface area contributed by atoms with Crippen molar-refractivity contribution >= 4 is 23.5 Å². The topological polar surface area (TPSA) is 108 Å². The number of hydrogen-bond donors (Lipinski definition) is 2. The number of nitrogens with two attached hydrogens (primary N) is 1. The summed E-state index contributed by atoms with van der Waals surface area (Å²) in [4.78, 5) is 34.9. The highest BCUT2D eigenvalue weighted by Gasteiger charge is 2.38. The van der Waals surface area contributed by atoms with Gasteiger partial charge in [0.05, 0.1) is 0 Å². The number of primary amides is 1. The number of ether oxygens (including phenoxy) is 2. The van der Waals surface area contributed by atoms with Crippen LogP contribution in [0.2, 0.25) is 0 Å². The number of carbonyl (C=O) groups excluding carboxylic acids is 3. The first-order chi connectivity index (χ1) is 10.2. The van der Waals surface area contributed by atoms with Crippen LogP contribution in [0.15, 0.2) is 30.0 Å². The SMILES string of the molecule is Cc1c(NC=C2C(=O)OC(C)(C)OC2=O)cccc1C(N)=O. The van der Waals surface area contributed by atoms with E-state index in [4.69, 9.17) is 15.2 Å². The summed E-state index contributed by atoms with van der Waals surface area (Å²) in [6.45, 7) is 4.63. The third-order valence-corrected chi connectivity index (χ3v) is 3.09. The minimum absolute atomic E-state index is 0.261. The van der Waals surface area contributed by atoms with Crippen LogP contribution in [-0.4, -0.2) is 23.6 Å². The molecule has 116 valence electrons. The first-order valence-electron chi connectivity index (χ1n) is 6.54. The molecule has 0 bridgehead atoms. The van der Waals surface area contributed by atoms with Crippen molar-refractivity contribution in [2.75, 3.05) is 5.32 Å². The van der Waals surface area contributed by atoms with E-state index in [1.807, 2.05) is 0 Å². The second-order valence-electron chi connectivity index (χ2n) is 5.22. The molecule has 1 fully saturated rings. The van der Waals surface area contributed by atoms with Gasteiger partial charge >= 0.3 is 11.9 Å². The molecule has 1 aliphatic rings. The zero-order chi connectivity index (χ0) is 16.5. The number of benzene rings is 1. The molecule has 0 aliphatic carbocycles. The van der Waals surface area contributed by atoms with Gasteiger partial charge in [-0.15, -0.1) is 0 Å². The number of carbonyl (C=O) groups is 3. The van der Waals surface area contributed by atoms with Gasteiger partial charge < -0.3 is 20.5 Å². The highest BCUT2D eigenvalue weighted by Crippen LogP contribution is 2.24. The minimum atomic E-state index is -1.28. The molecule has 1 heterocycles. The number of nitrogens with one attached hydrogen (secondary N) is 1. The zero-order valence-electron chi connectivity index (χ0n) is 12.4. The van der Waals surface area contributed by atoms with Crippen LogP contribution in [-0.2, 0) is 19.1 Å². The Morgan fingerprint density at radius 1 is 1.23 bits per heavy atom. The van der Waals surface area contributed by atoms with E-state index in [0.29, 0.717) is 16.8 Å². The van der Waals surface area contributed by atoms with Crippen LogP contribution in [0.3, 0.4) is 0 Å². The van der Waals surface area contributed by atoms with E-state index < -0.39 is 23.6 Å². The second kappa shape index (κ2) is 5.51. The van der Waals surface area contributed by atoms with Gasteiger partial charge in [0.2, 0.25) is 5.91 Å². The summed E-state index contributed by atoms with van der Waals surface area (Å²) in [5, 5.41) is 2.79. The summed E-state index contributed by atoms with van der Waals surface area (Å²) >= 11 is 0. The molecule has 0 saturated carbocycles. The molecule has 7 nitrogen and oxygen atoms in total. The van der Waals surface area contributed by atoms with Crippen molar-refractivity contribution in [2.45, 2.75) is 26.6 Å².